The summed E-state index contributed by atoms with van der Waals surface area (Å²) in [6.45, 7) is 5.57. The molecule has 78 valence electrons. The maximum atomic E-state index is 4.36. The topological polar surface area (TPSA) is 24.9 Å². The maximum Gasteiger partial charge on any atom is 0.0794 e. The van der Waals surface area contributed by atoms with E-state index in [1.807, 2.05) is 5.51 Å². The van der Waals surface area contributed by atoms with Gasteiger partial charge >= 0.3 is 0 Å². The zero-order valence-corrected chi connectivity index (χ0v) is 9.73. The highest BCUT2D eigenvalue weighted by Gasteiger charge is 2.42. The zero-order valence-electron chi connectivity index (χ0n) is 8.92. The molecule has 3 heteroatoms. The van der Waals surface area contributed by atoms with Gasteiger partial charge in [0.15, 0.2) is 0 Å². The fourth-order valence-electron chi connectivity index (χ4n) is 1.72. The Balaban J connectivity index is 1.84. The van der Waals surface area contributed by atoms with Crippen LogP contribution in [0.5, 0.6) is 0 Å². The van der Waals surface area contributed by atoms with E-state index in [4.69, 9.17) is 0 Å². The first kappa shape index (κ1) is 10.1. The van der Waals surface area contributed by atoms with Crippen LogP contribution in [0.2, 0.25) is 0 Å². The summed E-state index contributed by atoms with van der Waals surface area (Å²) in [4.78, 5) is 4.36. The van der Waals surface area contributed by atoms with Gasteiger partial charge in [-0.15, -0.1) is 11.3 Å². The lowest BCUT2D eigenvalue weighted by atomic mass is 10.0. The minimum absolute atomic E-state index is 0.540. The highest BCUT2D eigenvalue weighted by atomic mass is 32.1. The van der Waals surface area contributed by atoms with Crippen LogP contribution in [0.1, 0.15) is 32.4 Å². The molecule has 1 N–H and O–H groups in total. The molecule has 1 fully saturated rings. The van der Waals surface area contributed by atoms with Crippen molar-refractivity contribution in [3.05, 3.63) is 16.6 Å². The summed E-state index contributed by atoms with van der Waals surface area (Å²) in [5, 5.41) is 5.71. The first-order chi connectivity index (χ1) is 6.70. The van der Waals surface area contributed by atoms with Gasteiger partial charge in [0, 0.05) is 18.0 Å². The third-order valence-corrected chi connectivity index (χ3v) is 3.52. The molecule has 0 aromatic carbocycles. The Morgan fingerprint density at radius 2 is 2.36 bits per heavy atom. The molecule has 0 bridgehead atoms. The Morgan fingerprint density at radius 1 is 1.57 bits per heavy atom. The van der Waals surface area contributed by atoms with Crippen LogP contribution < -0.4 is 5.32 Å². The summed E-state index contributed by atoms with van der Waals surface area (Å²) in [5.41, 5.74) is 3.75. The molecule has 0 amide bonds. The van der Waals surface area contributed by atoms with Crippen molar-refractivity contribution in [2.75, 3.05) is 6.54 Å². The highest BCUT2D eigenvalue weighted by molar-refractivity contribution is 7.07. The number of thiazole rings is 1. The number of hydrogen-bond donors (Lipinski definition) is 1. The van der Waals surface area contributed by atoms with Gasteiger partial charge in [-0.05, 0) is 24.7 Å². The molecule has 0 spiro atoms. The molecule has 2 nitrogen and oxygen atoms in total. The largest absolute Gasteiger partial charge is 0.314 e. The number of nitrogens with one attached hydrogen (secondary N) is 1. The van der Waals surface area contributed by atoms with E-state index < -0.39 is 0 Å². The van der Waals surface area contributed by atoms with Crippen molar-refractivity contribution in [2.24, 2.45) is 5.41 Å². The Bertz CT molecular complexity index is 275. The SMILES string of the molecule is CC(C)NCC1(Cc2cscn2)CC1. The predicted octanol–water partition coefficient (Wildman–Crippen LogP) is 2.46. The molecule has 0 atom stereocenters. The van der Waals surface area contributed by atoms with Gasteiger partial charge in [-0.1, -0.05) is 13.8 Å². The van der Waals surface area contributed by atoms with Gasteiger partial charge < -0.3 is 5.32 Å². The molecule has 1 aliphatic carbocycles. The van der Waals surface area contributed by atoms with Crippen molar-refractivity contribution in [1.82, 2.24) is 10.3 Å². The summed E-state index contributed by atoms with van der Waals surface area (Å²) in [5.74, 6) is 0. The van der Waals surface area contributed by atoms with E-state index in [2.05, 4.69) is 29.5 Å². The Labute approximate surface area is 89.8 Å². The molecular weight excluding hydrogens is 192 g/mol. The molecule has 2 rings (SSSR count). The van der Waals surface area contributed by atoms with E-state index in [1.165, 1.54) is 18.5 Å². The van der Waals surface area contributed by atoms with Crippen LogP contribution in [0.25, 0.3) is 0 Å². The fourth-order valence-corrected chi connectivity index (χ4v) is 2.28. The molecule has 0 saturated heterocycles. The van der Waals surface area contributed by atoms with E-state index in [1.54, 1.807) is 11.3 Å². The molecule has 0 unspecified atom stereocenters. The number of hydrogen-bond acceptors (Lipinski definition) is 3. The van der Waals surface area contributed by atoms with Crippen LogP contribution >= 0.6 is 11.3 Å². The minimum atomic E-state index is 0.540. The van der Waals surface area contributed by atoms with Crippen molar-refractivity contribution in [2.45, 2.75) is 39.2 Å². The second-order valence-corrected chi connectivity index (χ2v) is 5.41. The van der Waals surface area contributed by atoms with Crippen LogP contribution in [0.15, 0.2) is 10.9 Å². The van der Waals surface area contributed by atoms with Gasteiger partial charge in [0.1, 0.15) is 0 Å². The first-order valence-corrected chi connectivity index (χ1v) is 6.25. The molecule has 0 aliphatic heterocycles. The summed E-state index contributed by atoms with van der Waals surface area (Å²) in [7, 11) is 0. The molecule has 1 saturated carbocycles. The zero-order chi connectivity index (χ0) is 10.0. The third kappa shape index (κ3) is 2.55. The summed E-state index contributed by atoms with van der Waals surface area (Å²) < 4.78 is 0. The molecule has 1 aromatic rings. The monoisotopic (exact) mass is 210 g/mol. The number of aromatic nitrogens is 1. The Morgan fingerprint density at radius 3 is 2.86 bits per heavy atom. The molecule has 1 aromatic heterocycles. The van der Waals surface area contributed by atoms with Gasteiger partial charge in [0.2, 0.25) is 0 Å². The second kappa shape index (κ2) is 3.99. The van der Waals surface area contributed by atoms with E-state index in [0.717, 1.165) is 13.0 Å². The van der Waals surface area contributed by atoms with E-state index in [-0.39, 0.29) is 0 Å². The molecule has 0 radical (unpaired) electrons. The van der Waals surface area contributed by atoms with Crippen molar-refractivity contribution in [1.29, 1.82) is 0 Å². The van der Waals surface area contributed by atoms with Crippen LogP contribution in [-0.2, 0) is 6.42 Å². The predicted molar refractivity (Wildman–Crippen MR) is 60.6 cm³/mol. The normalized spacial score (nSPS) is 18.8. The lowest BCUT2D eigenvalue weighted by Gasteiger charge is -2.16. The third-order valence-electron chi connectivity index (χ3n) is 2.88. The Kier molecular flexibility index (Phi) is 2.88. The van der Waals surface area contributed by atoms with Crippen LogP contribution in [0.3, 0.4) is 0 Å². The van der Waals surface area contributed by atoms with Crippen molar-refractivity contribution < 1.29 is 0 Å². The smallest absolute Gasteiger partial charge is 0.0794 e. The van der Waals surface area contributed by atoms with Gasteiger partial charge in [-0.3, -0.25) is 0 Å². The average molecular weight is 210 g/mol. The number of rotatable bonds is 5. The quantitative estimate of drug-likeness (QED) is 0.807. The average Bonchev–Trinajstić information content (AvgIpc) is 2.70. The Hall–Kier alpha value is -0.410. The van der Waals surface area contributed by atoms with Crippen molar-refractivity contribution >= 4 is 11.3 Å². The van der Waals surface area contributed by atoms with Crippen LogP contribution in [-0.4, -0.2) is 17.6 Å². The molecule has 1 aliphatic rings. The van der Waals surface area contributed by atoms with Gasteiger partial charge in [-0.25, -0.2) is 4.98 Å². The van der Waals surface area contributed by atoms with Gasteiger partial charge in [0.25, 0.3) is 0 Å². The first-order valence-electron chi connectivity index (χ1n) is 5.31. The summed E-state index contributed by atoms with van der Waals surface area (Å²) in [6.07, 6.45) is 3.89. The van der Waals surface area contributed by atoms with Crippen molar-refractivity contribution in [3.8, 4) is 0 Å². The van der Waals surface area contributed by atoms with E-state index in [9.17, 15) is 0 Å². The highest BCUT2D eigenvalue weighted by Crippen LogP contribution is 2.47. The van der Waals surface area contributed by atoms with Gasteiger partial charge in [-0.2, -0.15) is 0 Å². The summed E-state index contributed by atoms with van der Waals surface area (Å²) in [6, 6.07) is 0.600. The standard InChI is InChI=1S/C11H18N2S/c1-9(2)12-7-11(3-4-11)5-10-6-14-8-13-10/h6,8-9,12H,3-5,7H2,1-2H3. The van der Waals surface area contributed by atoms with Crippen LogP contribution in [0, 0.1) is 5.41 Å². The fraction of sp³-hybridized carbons (Fsp3) is 0.727. The number of nitrogens with zero attached hydrogens (tertiary/aromatic N) is 1. The van der Waals surface area contributed by atoms with E-state index in [0.29, 0.717) is 11.5 Å². The van der Waals surface area contributed by atoms with E-state index >= 15 is 0 Å². The maximum absolute atomic E-state index is 4.36. The van der Waals surface area contributed by atoms with Gasteiger partial charge in [0.05, 0.1) is 11.2 Å². The minimum Gasteiger partial charge on any atom is -0.314 e. The summed E-state index contributed by atoms with van der Waals surface area (Å²) >= 11 is 1.70. The van der Waals surface area contributed by atoms with Crippen LogP contribution in [0.4, 0.5) is 0 Å². The lowest BCUT2D eigenvalue weighted by molar-refractivity contribution is 0.427. The molecular formula is C11H18N2S. The second-order valence-electron chi connectivity index (χ2n) is 4.69. The molecule has 1 heterocycles. The van der Waals surface area contributed by atoms with Crippen molar-refractivity contribution in [3.63, 3.8) is 0 Å². The molecule has 14 heavy (non-hydrogen) atoms. The lowest BCUT2D eigenvalue weighted by Crippen LogP contribution is -2.31.